The van der Waals surface area contributed by atoms with Crippen LogP contribution >= 0.6 is 0 Å². The van der Waals surface area contributed by atoms with Gasteiger partial charge in [0.2, 0.25) is 0 Å². The number of carbonyl (C=O) groups is 2. The van der Waals surface area contributed by atoms with Crippen molar-refractivity contribution in [3.8, 4) is 11.5 Å². The van der Waals surface area contributed by atoms with Crippen LogP contribution in [0.5, 0.6) is 11.5 Å². The average Bonchev–Trinajstić information content (AvgIpc) is 2.79. The van der Waals surface area contributed by atoms with E-state index in [4.69, 9.17) is 9.47 Å². The molecule has 0 atom stereocenters. The Kier molecular flexibility index (Phi) is 3.45. The van der Waals surface area contributed by atoms with Crippen molar-refractivity contribution in [1.82, 2.24) is 0 Å². The van der Waals surface area contributed by atoms with Gasteiger partial charge in [0.25, 0.3) is 0 Å². The molecule has 0 saturated heterocycles. The molecule has 4 nitrogen and oxygen atoms in total. The maximum Gasteiger partial charge on any atom is 0.178 e. The smallest absolute Gasteiger partial charge is 0.178 e. The predicted molar refractivity (Wildman–Crippen MR) is 82.1 cm³/mol. The first-order chi connectivity index (χ1) is 10.6. The third-order valence-electron chi connectivity index (χ3n) is 4.07. The van der Waals surface area contributed by atoms with Gasteiger partial charge in [-0.25, -0.2) is 0 Å². The first kappa shape index (κ1) is 14.3. The van der Waals surface area contributed by atoms with E-state index in [1.54, 1.807) is 43.5 Å². The fourth-order valence-corrected chi connectivity index (χ4v) is 2.93. The van der Waals surface area contributed by atoms with E-state index in [1.807, 2.05) is 6.92 Å². The number of rotatable bonds is 3. The third-order valence-corrected chi connectivity index (χ3v) is 4.07. The zero-order valence-electron chi connectivity index (χ0n) is 12.7. The molecule has 112 valence electrons. The van der Waals surface area contributed by atoms with Crippen LogP contribution in [0.3, 0.4) is 0 Å². The Morgan fingerprint density at radius 1 is 0.864 bits per heavy atom. The number of fused-ring (bicyclic) bond motifs is 1. The van der Waals surface area contributed by atoms with Crippen LogP contribution in [0.15, 0.2) is 36.4 Å². The van der Waals surface area contributed by atoms with E-state index < -0.39 is 5.92 Å². The van der Waals surface area contributed by atoms with E-state index in [9.17, 15) is 9.59 Å². The Bertz CT molecular complexity index is 742. The van der Waals surface area contributed by atoms with Crippen LogP contribution < -0.4 is 9.47 Å². The summed E-state index contributed by atoms with van der Waals surface area (Å²) in [7, 11) is 3.09. The molecular weight excluding hydrogens is 280 g/mol. The highest BCUT2D eigenvalue weighted by molar-refractivity contribution is 6.29. The lowest BCUT2D eigenvalue weighted by Gasteiger charge is -2.15. The number of ketones is 2. The molecule has 2 aromatic carbocycles. The number of methoxy groups -OCH3 is 2. The lowest BCUT2D eigenvalue weighted by molar-refractivity contribution is 0.0889. The van der Waals surface area contributed by atoms with Crippen LogP contribution in [0.25, 0.3) is 0 Å². The molecule has 0 saturated carbocycles. The van der Waals surface area contributed by atoms with Crippen molar-refractivity contribution in [3.63, 3.8) is 0 Å². The van der Waals surface area contributed by atoms with Crippen molar-refractivity contribution in [2.75, 3.05) is 14.2 Å². The molecule has 0 fully saturated rings. The molecule has 4 heteroatoms. The van der Waals surface area contributed by atoms with Gasteiger partial charge in [-0.05, 0) is 30.2 Å². The van der Waals surface area contributed by atoms with Gasteiger partial charge in [-0.3, -0.25) is 9.59 Å². The maximum absolute atomic E-state index is 12.6. The Balaban J connectivity index is 2.14. The first-order valence-corrected chi connectivity index (χ1v) is 6.98. The molecule has 1 aliphatic rings. The molecule has 0 aliphatic heterocycles. The highest BCUT2D eigenvalue weighted by Gasteiger charge is 2.40. The largest absolute Gasteiger partial charge is 0.493 e. The number of carbonyl (C=O) groups excluding carboxylic acids is 2. The predicted octanol–water partition coefficient (Wildman–Crippen LogP) is 3.18. The van der Waals surface area contributed by atoms with E-state index in [0.717, 1.165) is 5.56 Å². The normalized spacial score (nSPS) is 14.1. The van der Waals surface area contributed by atoms with Crippen molar-refractivity contribution >= 4 is 11.6 Å². The Hall–Kier alpha value is -2.62. The van der Waals surface area contributed by atoms with Gasteiger partial charge in [0.15, 0.2) is 23.1 Å². The average molecular weight is 296 g/mol. The third kappa shape index (κ3) is 1.99. The standard InChI is InChI=1S/C18H16O4/c1-10-8-14(21-2)15(22-3)9-13(10)16-17(19)11-6-4-5-7-12(11)18(16)20/h4-9,16H,1-3H3. The first-order valence-electron chi connectivity index (χ1n) is 6.98. The quantitative estimate of drug-likeness (QED) is 0.816. The van der Waals surface area contributed by atoms with Crippen LogP contribution in [-0.4, -0.2) is 25.8 Å². The molecule has 22 heavy (non-hydrogen) atoms. The van der Waals surface area contributed by atoms with Crippen molar-refractivity contribution < 1.29 is 19.1 Å². The van der Waals surface area contributed by atoms with E-state index in [2.05, 4.69) is 0 Å². The minimum Gasteiger partial charge on any atom is -0.493 e. The highest BCUT2D eigenvalue weighted by Crippen LogP contribution is 2.39. The van der Waals surface area contributed by atoms with Crippen LogP contribution in [0.2, 0.25) is 0 Å². The zero-order chi connectivity index (χ0) is 15.9. The molecule has 1 aliphatic carbocycles. The summed E-state index contributed by atoms with van der Waals surface area (Å²) in [5.41, 5.74) is 2.49. The Labute approximate surface area is 128 Å². The molecule has 0 unspecified atom stereocenters. The molecule has 2 aromatic rings. The molecule has 0 spiro atoms. The topological polar surface area (TPSA) is 52.6 Å². The van der Waals surface area contributed by atoms with E-state index in [1.165, 1.54) is 7.11 Å². The summed E-state index contributed by atoms with van der Waals surface area (Å²) in [6.45, 7) is 1.86. The van der Waals surface area contributed by atoms with Gasteiger partial charge >= 0.3 is 0 Å². The Morgan fingerprint density at radius 2 is 1.36 bits per heavy atom. The molecule has 0 aromatic heterocycles. The minimum absolute atomic E-state index is 0.157. The van der Waals surface area contributed by atoms with Crippen LogP contribution in [0, 0.1) is 6.92 Å². The van der Waals surface area contributed by atoms with Gasteiger partial charge in [0, 0.05) is 11.1 Å². The highest BCUT2D eigenvalue weighted by atomic mass is 16.5. The summed E-state index contributed by atoms with van der Waals surface area (Å²) in [5.74, 6) is -0.0112. The number of hydrogen-bond donors (Lipinski definition) is 0. The Morgan fingerprint density at radius 3 is 1.86 bits per heavy atom. The SMILES string of the molecule is COc1cc(C)c(C2C(=O)c3ccccc3C2=O)cc1OC. The number of hydrogen-bond acceptors (Lipinski definition) is 4. The van der Waals surface area contributed by atoms with Gasteiger partial charge < -0.3 is 9.47 Å². The van der Waals surface area contributed by atoms with E-state index >= 15 is 0 Å². The van der Waals surface area contributed by atoms with Crippen LogP contribution in [-0.2, 0) is 0 Å². The van der Waals surface area contributed by atoms with Crippen molar-refractivity contribution in [1.29, 1.82) is 0 Å². The summed E-state index contributed by atoms with van der Waals surface area (Å²) in [6.07, 6.45) is 0. The monoisotopic (exact) mass is 296 g/mol. The van der Waals surface area contributed by atoms with E-state index in [0.29, 0.717) is 28.2 Å². The molecule has 0 radical (unpaired) electrons. The van der Waals surface area contributed by atoms with Crippen molar-refractivity contribution in [3.05, 3.63) is 58.7 Å². The minimum atomic E-state index is -0.794. The number of ether oxygens (including phenoxy) is 2. The summed E-state index contributed by atoms with van der Waals surface area (Å²) >= 11 is 0. The second-order valence-corrected chi connectivity index (χ2v) is 5.27. The number of benzene rings is 2. The van der Waals surface area contributed by atoms with Gasteiger partial charge in [0.1, 0.15) is 5.92 Å². The van der Waals surface area contributed by atoms with Crippen molar-refractivity contribution in [2.45, 2.75) is 12.8 Å². The van der Waals surface area contributed by atoms with Crippen molar-refractivity contribution in [2.24, 2.45) is 0 Å². The van der Waals surface area contributed by atoms with Gasteiger partial charge in [-0.15, -0.1) is 0 Å². The van der Waals surface area contributed by atoms with Crippen LogP contribution in [0.1, 0.15) is 37.8 Å². The fourth-order valence-electron chi connectivity index (χ4n) is 2.93. The number of aryl methyl sites for hydroxylation is 1. The summed E-state index contributed by atoms with van der Waals surface area (Å²) in [4.78, 5) is 25.2. The molecule has 0 amide bonds. The summed E-state index contributed by atoms with van der Waals surface area (Å²) < 4.78 is 10.5. The molecule has 0 N–H and O–H groups in total. The second kappa shape index (κ2) is 5.30. The fraction of sp³-hybridized carbons (Fsp3) is 0.222. The van der Waals surface area contributed by atoms with E-state index in [-0.39, 0.29) is 11.6 Å². The lowest BCUT2D eigenvalue weighted by Crippen LogP contribution is -2.14. The summed E-state index contributed by atoms with van der Waals surface area (Å²) in [5, 5.41) is 0. The molecule has 3 rings (SSSR count). The summed E-state index contributed by atoms with van der Waals surface area (Å²) in [6, 6.07) is 10.5. The molecule has 0 heterocycles. The second-order valence-electron chi connectivity index (χ2n) is 5.27. The molecular formula is C18H16O4. The number of Topliss-reactive ketones (excluding diaryl/α,β-unsaturated/α-hetero) is 2. The van der Waals surface area contributed by atoms with Crippen LogP contribution in [0.4, 0.5) is 0 Å². The zero-order valence-corrected chi connectivity index (χ0v) is 12.7. The van der Waals surface area contributed by atoms with Gasteiger partial charge in [-0.1, -0.05) is 24.3 Å². The molecule has 0 bridgehead atoms. The van der Waals surface area contributed by atoms with Gasteiger partial charge in [0.05, 0.1) is 14.2 Å². The van der Waals surface area contributed by atoms with Gasteiger partial charge in [-0.2, -0.15) is 0 Å². The lowest BCUT2D eigenvalue weighted by atomic mass is 9.90. The maximum atomic E-state index is 12.6.